The van der Waals surface area contributed by atoms with Crippen LogP contribution in [0.25, 0.3) is 0 Å². The van der Waals surface area contributed by atoms with Gasteiger partial charge in [0.15, 0.2) is 0 Å². The van der Waals surface area contributed by atoms with Crippen molar-refractivity contribution in [2.24, 2.45) is 0 Å². The van der Waals surface area contributed by atoms with Gasteiger partial charge in [-0.25, -0.2) is 4.79 Å². The number of benzene rings is 2. The van der Waals surface area contributed by atoms with E-state index in [0.29, 0.717) is 23.4 Å². The van der Waals surface area contributed by atoms with E-state index in [-0.39, 0.29) is 42.8 Å². The average molecular weight is 463 g/mol. The number of carbonyl (C=O) groups is 3. The van der Waals surface area contributed by atoms with Gasteiger partial charge in [0, 0.05) is 29.6 Å². The van der Waals surface area contributed by atoms with Crippen LogP contribution in [0.3, 0.4) is 0 Å². The molecule has 0 saturated carbocycles. The van der Waals surface area contributed by atoms with Crippen LogP contribution in [0.2, 0.25) is 0 Å². The molecule has 2 atom stereocenters. The van der Waals surface area contributed by atoms with Crippen LogP contribution in [0.4, 0.5) is 0 Å². The van der Waals surface area contributed by atoms with Crippen LogP contribution in [0, 0.1) is 6.92 Å². The molecule has 0 bridgehead atoms. The van der Waals surface area contributed by atoms with E-state index in [0.717, 1.165) is 23.1 Å². The quantitative estimate of drug-likeness (QED) is 0.568. The maximum atomic E-state index is 13.2. The van der Waals surface area contributed by atoms with Gasteiger partial charge in [-0.3, -0.25) is 9.59 Å². The Balaban J connectivity index is 1.88. The lowest BCUT2D eigenvalue weighted by Crippen LogP contribution is -2.38. The molecular weight excluding hydrogens is 428 g/mol. The molecule has 0 spiro atoms. The van der Waals surface area contributed by atoms with Crippen molar-refractivity contribution in [3.05, 3.63) is 82.1 Å². The molecule has 0 radical (unpaired) electrons. The predicted molar refractivity (Wildman–Crippen MR) is 132 cm³/mol. The summed E-state index contributed by atoms with van der Waals surface area (Å²) in [6, 6.07) is 15.3. The smallest absolute Gasteiger partial charge is 0.336 e. The van der Waals surface area contributed by atoms with E-state index in [1.165, 1.54) is 0 Å². The first-order chi connectivity index (χ1) is 16.2. The third-order valence-corrected chi connectivity index (χ3v) is 6.34. The molecule has 6 heteroatoms. The van der Waals surface area contributed by atoms with Gasteiger partial charge in [-0.1, -0.05) is 48.9 Å². The zero-order valence-electron chi connectivity index (χ0n) is 20.7. The zero-order chi connectivity index (χ0) is 24.8. The highest BCUT2D eigenvalue weighted by Gasteiger charge is 2.36. The maximum absolute atomic E-state index is 13.2. The summed E-state index contributed by atoms with van der Waals surface area (Å²) in [6.07, 6.45) is 1.06. The lowest BCUT2D eigenvalue weighted by molar-refractivity contribution is -0.140. The van der Waals surface area contributed by atoms with Crippen molar-refractivity contribution in [2.45, 2.75) is 66.0 Å². The number of aryl methyl sites for hydroxylation is 1. The van der Waals surface area contributed by atoms with E-state index in [1.807, 2.05) is 57.2 Å². The minimum atomic E-state index is -0.389. The number of esters is 1. The van der Waals surface area contributed by atoms with Crippen molar-refractivity contribution in [1.29, 1.82) is 0 Å². The summed E-state index contributed by atoms with van der Waals surface area (Å²) in [5.41, 5.74) is 4.64. The molecule has 0 saturated heterocycles. The fourth-order valence-corrected chi connectivity index (χ4v) is 4.11. The van der Waals surface area contributed by atoms with Gasteiger partial charge < -0.3 is 15.0 Å². The van der Waals surface area contributed by atoms with Crippen LogP contribution < -0.4 is 5.32 Å². The van der Waals surface area contributed by atoms with Gasteiger partial charge in [0.25, 0.3) is 5.91 Å². The molecule has 1 aliphatic heterocycles. The summed E-state index contributed by atoms with van der Waals surface area (Å²) in [4.78, 5) is 40.1. The Hall–Kier alpha value is -3.41. The minimum absolute atomic E-state index is 0.0466. The van der Waals surface area contributed by atoms with Crippen LogP contribution in [-0.2, 0) is 20.9 Å². The van der Waals surface area contributed by atoms with Gasteiger partial charge >= 0.3 is 5.97 Å². The van der Waals surface area contributed by atoms with E-state index in [1.54, 1.807) is 30.9 Å². The van der Waals surface area contributed by atoms with Gasteiger partial charge in [-0.2, -0.15) is 0 Å². The second-order valence-corrected chi connectivity index (χ2v) is 8.85. The summed E-state index contributed by atoms with van der Waals surface area (Å²) in [6.45, 7) is 10.2. The van der Waals surface area contributed by atoms with E-state index in [2.05, 4.69) is 5.32 Å². The third kappa shape index (κ3) is 5.74. The molecule has 180 valence electrons. The number of nitrogens with one attached hydrogen (secondary N) is 1. The van der Waals surface area contributed by atoms with Crippen LogP contribution in [0.5, 0.6) is 0 Å². The number of rotatable bonds is 8. The molecule has 1 aliphatic rings. The second kappa shape index (κ2) is 11.1. The first-order valence-electron chi connectivity index (χ1n) is 11.9. The zero-order valence-corrected chi connectivity index (χ0v) is 20.7. The maximum Gasteiger partial charge on any atom is 0.336 e. The molecule has 0 aromatic heterocycles. The van der Waals surface area contributed by atoms with Gasteiger partial charge in [0.05, 0.1) is 18.7 Å². The number of hydrogen-bond acceptors (Lipinski definition) is 4. The van der Waals surface area contributed by atoms with E-state index < -0.39 is 0 Å². The number of nitrogens with zero attached hydrogens (tertiary/aromatic N) is 1. The third-order valence-electron chi connectivity index (χ3n) is 6.34. The van der Waals surface area contributed by atoms with Gasteiger partial charge in [0.1, 0.15) is 0 Å². The van der Waals surface area contributed by atoms with Gasteiger partial charge in [-0.05, 0) is 57.4 Å². The van der Waals surface area contributed by atoms with E-state index >= 15 is 0 Å². The summed E-state index contributed by atoms with van der Waals surface area (Å²) in [5, 5.41) is 2.95. The predicted octanol–water partition coefficient (Wildman–Crippen LogP) is 4.88. The second-order valence-electron chi connectivity index (χ2n) is 8.85. The largest absolute Gasteiger partial charge is 0.463 e. The summed E-state index contributed by atoms with van der Waals surface area (Å²) >= 11 is 0. The minimum Gasteiger partial charge on any atom is -0.463 e. The molecule has 1 heterocycles. The Kier molecular flexibility index (Phi) is 8.26. The Labute approximate surface area is 202 Å². The highest BCUT2D eigenvalue weighted by atomic mass is 16.5. The Morgan fingerprint density at radius 2 is 1.71 bits per heavy atom. The summed E-state index contributed by atoms with van der Waals surface area (Å²) in [7, 11) is 0. The van der Waals surface area contributed by atoms with Crippen LogP contribution in [-0.4, -0.2) is 35.3 Å². The molecule has 3 rings (SSSR count). The Morgan fingerprint density at radius 1 is 1.06 bits per heavy atom. The molecule has 2 unspecified atom stereocenters. The van der Waals surface area contributed by atoms with Crippen molar-refractivity contribution in [1.82, 2.24) is 10.2 Å². The molecule has 1 N–H and O–H groups in total. The normalized spacial score (nSPS) is 16.9. The van der Waals surface area contributed by atoms with Gasteiger partial charge in [-0.15, -0.1) is 0 Å². The molecule has 0 fully saturated rings. The fourth-order valence-electron chi connectivity index (χ4n) is 4.11. The summed E-state index contributed by atoms with van der Waals surface area (Å²) in [5.74, 6) is -0.888. The summed E-state index contributed by atoms with van der Waals surface area (Å²) < 4.78 is 5.36. The van der Waals surface area contributed by atoms with Gasteiger partial charge in [0.2, 0.25) is 5.91 Å². The Bertz CT molecular complexity index is 1070. The molecule has 34 heavy (non-hydrogen) atoms. The monoisotopic (exact) mass is 462 g/mol. The molecule has 2 aromatic rings. The van der Waals surface area contributed by atoms with Crippen LogP contribution in [0.1, 0.15) is 73.5 Å². The van der Waals surface area contributed by atoms with Crippen molar-refractivity contribution < 1.29 is 19.1 Å². The van der Waals surface area contributed by atoms with E-state index in [4.69, 9.17) is 4.74 Å². The van der Waals surface area contributed by atoms with Crippen molar-refractivity contribution >= 4 is 17.8 Å². The lowest BCUT2D eigenvalue weighted by atomic mass is 9.83. The topological polar surface area (TPSA) is 75.7 Å². The standard InChI is InChI=1S/C28H34N2O4/c1-6-19(4)29-27(32)23-14-10-21(11-15-23)17-30-20(5)26(28(33)34-7-2)24(16-25(30)31)22-12-8-18(3)9-13-22/h8-15,19,24H,6-7,16-17H2,1-5H3,(H,29,32). The van der Waals surface area contributed by atoms with E-state index in [9.17, 15) is 14.4 Å². The van der Waals surface area contributed by atoms with Crippen molar-refractivity contribution in [3.63, 3.8) is 0 Å². The Morgan fingerprint density at radius 3 is 2.29 bits per heavy atom. The average Bonchev–Trinajstić information content (AvgIpc) is 2.82. The molecule has 6 nitrogen and oxygen atoms in total. The fraction of sp³-hybridized carbons (Fsp3) is 0.393. The number of amides is 2. The number of allylic oxidation sites excluding steroid dienone is 1. The first kappa shape index (κ1) is 25.2. The number of ether oxygens (including phenoxy) is 1. The molecular formula is C28H34N2O4. The molecule has 0 aliphatic carbocycles. The lowest BCUT2D eigenvalue weighted by Gasteiger charge is -2.34. The van der Waals surface area contributed by atoms with Crippen molar-refractivity contribution in [3.8, 4) is 0 Å². The highest BCUT2D eigenvalue weighted by Crippen LogP contribution is 2.37. The number of carbonyl (C=O) groups excluding carboxylic acids is 3. The number of hydrogen-bond donors (Lipinski definition) is 1. The molecule has 2 amide bonds. The molecule has 2 aromatic carbocycles. The highest BCUT2D eigenvalue weighted by molar-refractivity contribution is 5.96. The van der Waals surface area contributed by atoms with Crippen LogP contribution >= 0.6 is 0 Å². The SMILES string of the molecule is CCOC(=O)C1=C(C)N(Cc2ccc(C(=O)NC(C)CC)cc2)C(=O)CC1c1ccc(C)cc1. The van der Waals surface area contributed by atoms with Crippen molar-refractivity contribution in [2.75, 3.05) is 6.61 Å². The van der Waals surface area contributed by atoms with Crippen LogP contribution in [0.15, 0.2) is 59.8 Å². The first-order valence-corrected chi connectivity index (χ1v) is 11.9.